The lowest BCUT2D eigenvalue weighted by molar-refractivity contribution is 0.317. The summed E-state index contributed by atoms with van der Waals surface area (Å²) in [5, 5.41) is 0. The Kier molecular flexibility index (Phi) is 5.21. The molecule has 0 aromatic heterocycles. The summed E-state index contributed by atoms with van der Waals surface area (Å²) in [6.07, 6.45) is 1.01. The van der Waals surface area contributed by atoms with Crippen molar-refractivity contribution in [2.45, 2.75) is 26.3 Å². The molecule has 0 aliphatic carbocycles. The van der Waals surface area contributed by atoms with Crippen molar-refractivity contribution in [3.8, 4) is 5.75 Å². The smallest absolute Gasteiger partial charge is 0.119 e. The number of hydrogen-bond acceptors (Lipinski definition) is 2. The summed E-state index contributed by atoms with van der Waals surface area (Å²) in [7, 11) is 0. The van der Waals surface area contributed by atoms with Crippen molar-refractivity contribution in [2.75, 3.05) is 6.61 Å². The summed E-state index contributed by atoms with van der Waals surface area (Å²) < 4.78 is 6.65. The van der Waals surface area contributed by atoms with Crippen LogP contribution in [0.2, 0.25) is 0 Å². The molecule has 2 aromatic rings. The van der Waals surface area contributed by atoms with E-state index < -0.39 is 0 Å². The minimum Gasteiger partial charge on any atom is -0.494 e. The number of halogens is 1. The van der Waals surface area contributed by atoms with Crippen molar-refractivity contribution in [3.05, 3.63) is 63.6 Å². The molecule has 1 atom stereocenters. The maximum absolute atomic E-state index is 6.34. The van der Waals surface area contributed by atoms with E-state index in [0.717, 1.165) is 34.4 Å². The average molecular weight is 334 g/mol. The molecule has 0 spiro atoms. The Labute approximate surface area is 129 Å². The third-order valence-electron chi connectivity index (χ3n) is 3.14. The van der Waals surface area contributed by atoms with Crippen molar-refractivity contribution in [3.63, 3.8) is 0 Å². The van der Waals surface area contributed by atoms with E-state index in [1.165, 1.54) is 5.56 Å². The predicted molar refractivity (Wildman–Crippen MR) is 87.1 cm³/mol. The standard InChI is InChI=1S/C17H20BrNO/c1-3-8-20-16-6-4-13(5-7-16)17(19)14-9-12(2)10-15(18)11-14/h4-7,9-11,17H,3,8,19H2,1-2H3. The number of benzene rings is 2. The van der Waals surface area contributed by atoms with Gasteiger partial charge in [-0.1, -0.05) is 41.1 Å². The van der Waals surface area contributed by atoms with Crippen LogP contribution in [-0.4, -0.2) is 6.61 Å². The molecule has 2 nitrogen and oxygen atoms in total. The second kappa shape index (κ2) is 6.91. The average Bonchev–Trinajstić information content (AvgIpc) is 2.44. The largest absolute Gasteiger partial charge is 0.494 e. The first-order chi connectivity index (χ1) is 9.60. The zero-order chi connectivity index (χ0) is 14.5. The molecular weight excluding hydrogens is 314 g/mol. The van der Waals surface area contributed by atoms with E-state index in [-0.39, 0.29) is 6.04 Å². The van der Waals surface area contributed by atoms with Crippen LogP contribution in [0, 0.1) is 6.92 Å². The summed E-state index contributed by atoms with van der Waals surface area (Å²) in [5.74, 6) is 0.897. The maximum atomic E-state index is 6.34. The van der Waals surface area contributed by atoms with Gasteiger partial charge in [0.1, 0.15) is 5.75 Å². The molecule has 0 aliphatic rings. The second-order valence-corrected chi connectivity index (χ2v) is 5.87. The highest BCUT2D eigenvalue weighted by molar-refractivity contribution is 9.10. The Balaban J connectivity index is 2.17. The van der Waals surface area contributed by atoms with Crippen molar-refractivity contribution in [1.29, 1.82) is 0 Å². The normalized spacial score (nSPS) is 12.2. The molecule has 0 heterocycles. The lowest BCUT2D eigenvalue weighted by Crippen LogP contribution is -2.12. The van der Waals surface area contributed by atoms with Crippen LogP contribution in [-0.2, 0) is 0 Å². The molecule has 0 fully saturated rings. The highest BCUT2D eigenvalue weighted by Crippen LogP contribution is 2.25. The van der Waals surface area contributed by atoms with Crippen LogP contribution in [0.1, 0.15) is 36.1 Å². The van der Waals surface area contributed by atoms with Crippen molar-refractivity contribution < 1.29 is 4.74 Å². The molecule has 2 N–H and O–H groups in total. The Morgan fingerprint density at radius 1 is 1.10 bits per heavy atom. The third kappa shape index (κ3) is 3.84. The van der Waals surface area contributed by atoms with Crippen LogP contribution >= 0.6 is 15.9 Å². The van der Waals surface area contributed by atoms with Crippen molar-refractivity contribution in [1.82, 2.24) is 0 Å². The summed E-state index contributed by atoms with van der Waals surface area (Å²) in [5.41, 5.74) is 9.74. The summed E-state index contributed by atoms with van der Waals surface area (Å²) in [6, 6.07) is 14.2. The summed E-state index contributed by atoms with van der Waals surface area (Å²) in [6.45, 7) is 4.92. The number of hydrogen-bond donors (Lipinski definition) is 1. The van der Waals surface area contributed by atoms with Gasteiger partial charge in [-0.15, -0.1) is 0 Å². The van der Waals surface area contributed by atoms with E-state index in [9.17, 15) is 0 Å². The van der Waals surface area contributed by atoms with Gasteiger partial charge in [0.25, 0.3) is 0 Å². The number of nitrogens with two attached hydrogens (primary N) is 1. The summed E-state index contributed by atoms with van der Waals surface area (Å²) >= 11 is 3.52. The van der Waals surface area contributed by atoms with Crippen LogP contribution in [0.5, 0.6) is 5.75 Å². The molecule has 0 bridgehead atoms. The van der Waals surface area contributed by atoms with Crippen LogP contribution in [0.25, 0.3) is 0 Å². The highest BCUT2D eigenvalue weighted by atomic mass is 79.9. The molecule has 0 saturated heterocycles. The van der Waals surface area contributed by atoms with E-state index >= 15 is 0 Å². The molecule has 106 valence electrons. The Morgan fingerprint density at radius 3 is 2.40 bits per heavy atom. The molecule has 2 aromatic carbocycles. The van der Waals surface area contributed by atoms with Gasteiger partial charge < -0.3 is 10.5 Å². The van der Waals surface area contributed by atoms with Gasteiger partial charge in [0, 0.05) is 4.47 Å². The fourth-order valence-corrected chi connectivity index (χ4v) is 2.75. The third-order valence-corrected chi connectivity index (χ3v) is 3.59. The second-order valence-electron chi connectivity index (χ2n) is 4.96. The van der Waals surface area contributed by atoms with E-state index in [1.54, 1.807) is 0 Å². The van der Waals surface area contributed by atoms with Crippen LogP contribution < -0.4 is 10.5 Å². The number of aryl methyl sites for hydroxylation is 1. The Hall–Kier alpha value is -1.32. The fourth-order valence-electron chi connectivity index (χ4n) is 2.13. The van der Waals surface area contributed by atoms with Crippen LogP contribution in [0.4, 0.5) is 0 Å². The maximum Gasteiger partial charge on any atom is 0.119 e. The van der Waals surface area contributed by atoms with Gasteiger partial charge in [0.2, 0.25) is 0 Å². The fraction of sp³-hybridized carbons (Fsp3) is 0.294. The van der Waals surface area contributed by atoms with Gasteiger partial charge in [-0.2, -0.15) is 0 Å². The Morgan fingerprint density at radius 2 is 1.80 bits per heavy atom. The highest BCUT2D eigenvalue weighted by Gasteiger charge is 2.10. The van der Waals surface area contributed by atoms with E-state index in [1.807, 2.05) is 24.3 Å². The number of ether oxygens (including phenoxy) is 1. The van der Waals surface area contributed by atoms with Gasteiger partial charge >= 0.3 is 0 Å². The first kappa shape index (κ1) is 15.1. The first-order valence-corrected chi connectivity index (χ1v) is 7.65. The van der Waals surface area contributed by atoms with Gasteiger partial charge in [-0.3, -0.25) is 0 Å². The van der Waals surface area contributed by atoms with Crippen LogP contribution in [0.15, 0.2) is 46.9 Å². The van der Waals surface area contributed by atoms with Gasteiger partial charge in [-0.25, -0.2) is 0 Å². The predicted octanol–water partition coefficient (Wildman–Crippen LogP) is 4.59. The lowest BCUT2D eigenvalue weighted by atomic mass is 9.98. The molecule has 0 amide bonds. The molecule has 3 heteroatoms. The Bertz CT molecular complexity index is 545. The van der Waals surface area contributed by atoms with E-state index in [2.05, 4.69) is 48.0 Å². The summed E-state index contributed by atoms with van der Waals surface area (Å²) in [4.78, 5) is 0. The molecule has 20 heavy (non-hydrogen) atoms. The SMILES string of the molecule is CCCOc1ccc(C(N)c2cc(C)cc(Br)c2)cc1. The molecule has 0 aliphatic heterocycles. The molecule has 2 rings (SSSR count). The van der Waals surface area contributed by atoms with Gasteiger partial charge in [-0.05, 0) is 54.3 Å². The molecule has 0 radical (unpaired) electrons. The number of rotatable bonds is 5. The topological polar surface area (TPSA) is 35.2 Å². The minimum atomic E-state index is -0.119. The molecular formula is C17H20BrNO. The van der Waals surface area contributed by atoms with E-state index in [4.69, 9.17) is 10.5 Å². The molecule has 0 saturated carbocycles. The quantitative estimate of drug-likeness (QED) is 0.868. The lowest BCUT2D eigenvalue weighted by Gasteiger charge is -2.14. The van der Waals surface area contributed by atoms with Crippen molar-refractivity contribution >= 4 is 15.9 Å². The first-order valence-electron chi connectivity index (χ1n) is 6.85. The zero-order valence-corrected chi connectivity index (χ0v) is 13.5. The molecule has 1 unspecified atom stereocenters. The monoisotopic (exact) mass is 333 g/mol. The zero-order valence-electron chi connectivity index (χ0n) is 11.9. The van der Waals surface area contributed by atoms with Gasteiger partial charge in [0.05, 0.1) is 12.6 Å². The minimum absolute atomic E-state index is 0.119. The van der Waals surface area contributed by atoms with Crippen molar-refractivity contribution in [2.24, 2.45) is 5.73 Å². The van der Waals surface area contributed by atoms with Gasteiger partial charge in [0.15, 0.2) is 0 Å². The van der Waals surface area contributed by atoms with Crippen LogP contribution in [0.3, 0.4) is 0 Å². The van der Waals surface area contributed by atoms with E-state index in [0.29, 0.717) is 0 Å².